The number of carbonyl (C=O) groups excluding carboxylic acids is 1. The molecule has 0 saturated carbocycles. The van der Waals surface area contributed by atoms with E-state index >= 15 is 0 Å². The van der Waals surface area contributed by atoms with Crippen LogP contribution in [-0.4, -0.2) is 36.5 Å². The summed E-state index contributed by atoms with van der Waals surface area (Å²) in [6.07, 6.45) is 3.60. The molecule has 0 aromatic heterocycles. The lowest BCUT2D eigenvalue weighted by Crippen LogP contribution is -2.52. The van der Waals surface area contributed by atoms with Gasteiger partial charge in [-0.25, -0.2) is 0 Å². The molecule has 1 heterocycles. The second kappa shape index (κ2) is 6.89. The number of hydrogen-bond donors (Lipinski definition) is 1. The van der Waals surface area contributed by atoms with Gasteiger partial charge in [0.15, 0.2) is 0 Å². The highest BCUT2D eigenvalue weighted by Gasteiger charge is 2.24. The van der Waals surface area contributed by atoms with Gasteiger partial charge in [0.05, 0.1) is 0 Å². The lowest BCUT2D eigenvalue weighted by atomic mass is 10.0. The van der Waals surface area contributed by atoms with Crippen LogP contribution in [0.1, 0.15) is 47.7 Å². The van der Waals surface area contributed by atoms with Gasteiger partial charge in [0.1, 0.15) is 0 Å². The van der Waals surface area contributed by atoms with Crippen LogP contribution in [0.3, 0.4) is 0 Å². The lowest BCUT2D eigenvalue weighted by Gasteiger charge is -2.34. The van der Waals surface area contributed by atoms with Crippen molar-refractivity contribution in [1.29, 1.82) is 0 Å². The van der Waals surface area contributed by atoms with Crippen LogP contribution in [0.4, 0.5) is 0 Å². The Morgan fingerprint density at radius 1 is 1.40 bits per heavy atom. The molecule has 0 unspecified atom stereocenters. The highest BCUT2D eigenvalue weighted by Crippen LogP contribution is 2.17. The van der Waals surface area contributed by atoms with Gasteiger partial charge in [-0.2, -0.15) is 0 Å². The summed E-state index contributed by atoms with van der Waals surface area (Å²) in [5, 5.41) is 3.52. The molecule has 1 atom stereocenters. The van der Waals surface area contributed by atoms with E-state index in [0.717, 1.165) is 37.2 Å². The highest BCUT2D eigenvalue weighted by atomic mass is 16.2. The molecule has 0 radical (unpaired) electrons. The molecular weight excluding hydrogens is 248 g/mol. The number of amides is 1. The van der Waals surface area contributed by atoms with Crippen molar-refractivity contribution in [3.8, 4) is 0 Å². The maximum absolute atomic E-state index is 12.7. The number of carbonyl (C=O) groups is 1. The Morgan fingerprint density at radius 3 is 2.95 bits per heavy atom. The molecule has 0 aliphatic carbocycles. The van der Waals surface area contributed by atoms with Crippen LogP contribution in [0.5, 0.6) is 0 Å². The van der Waals surface area contributed by atoms with Crippen molar-refractivity contribution in [2.24, 2.45) is 0 Å². The van der Waals surface area contributed by atoms with Crippen molar-refractivity contribution in [3.63, 3.8) is 0 Å². The fourth-order valence-corrected chi connectivity index (χ4v) is 2.81. The molecule has 1 saturated heterocycles. The predicted molar refractivity (Wildman–Crippen MR) is 83.1 cm³/mol. The summed E-state index contributed by atoms with van der Waals surface area (Å²) in [7, 11) is 0. The van der Waals surface area contributed by atoms with Gasteiger partial charge in [0, 0.05) is 31.2 Å². The van der Waals surface area contributed by atoms with E-state index in [9.17, 15) is 4.79 Å². The topological polar surface area (TPSA) is 32.3 Å². The number of nitrogens with one attached hydrogen (secondary N) is 1. The quantitative estimate of drug-likeness (QED) is 0.915. The normalized spacial score (nSPS) is 19.1. The zero-order valence-corrected chi connectivity index (χ0v) is 12.9. The van der Waals surface area contributed by atoms with Gasteiger partial charge in [0.2, 0.25) is 0 Å². The summed E-state index contributed by atoms with van der Waals surface area (Å²) in [6.45, 7) is 8.88. The zero-order chi connectivity index (χ0) is 14.5. The van der Waals surface area contributed by atoms with E-state index < -0.39 is 0 Å². The average Bonchev–Trinajstić information content (AvgIpc) is 2.47. The van der Waals surface area contributed by atoms with Crippen molar-refractivity contribution < 1.29 is 4.79 Å². The van der Waals surface area contributed by atoms with Crippen LogP contribution in [0.2, 0.25) is 0 Å². The van der Waals surface area contributed by atoms with Crippen LogP contribution < -0.4 is 5.32 Å². The average molecular weight is 274 g/mol. The Bertz CT molecular complexity index is 470. The van der Waals surface area contributed by atoms with Gasteiger partial charge in [-0.1, -0.05) is 31.9 Å². The van der Waals surface area contributed by atoms with Crippen LogP contribution in [0.25, 0.3) is 0 Å². The number of piperazine rings is 1. The Morgan fingerprint density at radius 2 is 2.20 bits per heavy atom. The number of hydrogen-bond acceptors (Lipinski definition) is 2. The summed E-state index contributed by atoms with van der Waals surface area (Å²) in [4.78, 5) is 14.7. The second-order valence-electron chi connectivity index (χ2n) is 5.79. The molecule has 110 valence electrons. The van der Waals surface area contributed by atoms with Gasteiger partial charge in [-0.15, -0.1) is 0 Å². The predicted octanol–water partition coefficient (Wildman–Crippen LogP) is 2.91. The molecular formula is C17H26N2O. The minimum atomic E-state index is 0.189. The molecule has 3 nitrogen and oxygen atoms in total. The fraction of sp³-hybridized carbons (Fsp3) is 0.588. The molecule has 20 heavy (non-hydrogen) atoms. The fourth-order valence-electron chi connectivity index (χ4n) is 2.81. The molecule has 0 bridgehead atoms. The zero-order valence-electron chi connectivity index (χ0n) is 12.9. The summed E-state index contributed by atoms with van der Waals surface area (Å²) in [6, 6.07) is 6.45. The Hall–Kier alpha value is -1.35. The number of unbranched alkanes of at least 4 members (excludes halogenated alkanes) is 1. The minimum Gasteiger partial charge on any atom is -0.336 e. The highest BCUT2D eigenvalue weighted by molar-refractivity contribution is 5.96. The lowest BCUT2D eigenvalue weighted by molar-refractivity contribution is 0.0698. The van der Waals surface area contributed by atoms with E-state index in [4.69, 9.17) is 0 Å². The molecule has 1 amide bonds. The molecule has 1 aliphatic rings. The molecule has 1 aromatic rings. The van der Waals surface area contributed by atoms with Gasteiger partial charge in [-0.05, 0) is 37.5 Å². The first-order chi connectivity index (χ1) is 9.63. The van der Waals surface area contributed by atoms with E-state index in [0.29, 0.717) is 6.04 Å². The summed E-state index contributed by atoms with van der Waals surface area (Å²) >= 11 is 0. The molecule has 3 heteroatoms. The first-order valence-electron chi connectivity index (χ1n) is 7.72. The van der Waals surface area contributed by atoms with E-state index in [1.54, 1.807) is 0 Å². The SMILES string of the molecule is CCCC[C@H]1CN(C(=O)c2cccc(C)c2C)CCN1. The summed E-state index contributed by atoms with van der Waals surface area (Å²) < 4.78 is 0. The van der Waals surface area contributed by atoms with Crippen molar-refractivity contribution in [3.05, 3.63) is 34.9 Å². The Kier molecular flexibility index (Phi) is 5.18. The van der Waals surface area contributed by atoms with E-state index in [1.165, 1.54) is 18.4 Å². The van der Waals surface area contributed by atoms with Gasteiger partial charge in [-0.3, -0.25) is 4.79 Å². The van der Waals surface area contributed by atoms with Crippen LogP contribution >= 0.6 is 0 Å². The van der Waals surface area contributed by atoms with Crippen molar-refractivity contribution in [1.82, 2.24) is 10.2 Å². The van der Waals surface area contributed by atoms with E-state index in [2.05, 4.69) is 25.2 Å². The van der Waals surface area contributed by atoms with Crippen LogP contribution in [0, 0.1) is 13.8 Å². The van der Waals surface area contributed by atoms with E-state index in [1.807, 2.05) is 24.0 Å². The minimum absolute atomic E-state index is 0.189. The molecule has 1 fully saturated rings. The number of aryl methyl sites for hydroxylation is 1. The molecule has 1 aliphatic heterocycles. The third-order valence-electron chi connectivity index (χ3n) is 4.28. The number of rotatable bonds is 4. The first-order valence-corrected chi connectivity index (χ1v) is 7.72. The first kappa shape index (κ1) is 15.0. The summed E-state index contributed by atoms with van der Waals surface area (Å²) in [5.74, 6) is 0.189. The van der Waals surface area contributed by atoms with Gasteiger partial charge in [0.25, 0.3) is 5.91 Å². The van der Waals surface area contributed by atoms with Crippen LogP contribution in [0.15, 0.2) is 18.2 Å². The monoisotopic (exact) mass is 274 g/mol. The van der Waals surface area contributed by atoms with Crippen LogP contribution in [-0.2, 0) is 0 Å². The van der Waals surface area contributed by atoms with Crippen molar-refractivity contribution in [2.45, 2.75) is 46.1 Å². The third-order valence-corrected chi connectivity index (χ3v) is 4.28. The van der Waals surface area contributed by atoms with E-state index in [-0.39, 0.29) is 5.91 Å². The largest absolute Gasteiger partial charge is 0.336 e. The number of nitrogens with zero attached hydrogens (tertiary/aromatic N) is 1. The third kappa shape index (κ3) is 3.40. The van der Waals surface area contributed by atoms with Gasteiger partial charge >= 0.3 is 0 Å². The molecule has 0 spiro atoms. The maximum atomic E-state index is 12.7. The molecule has 2 rings (SSSR count). The molecule has 1 N–H and O–H groups in total. The van der Waals surface area contributed by atoms with Gasteiger partial charge < -0.3 is 10.2 Å². The van der Waals surface area contributed by atoms with Crippen molar-refractivity contribution in [2.75, 3.05) is 19.6 Å². The number of benzene rings is 1. The smallest absolute Gasteiger partial charge is 0.254 e. The maximum Gasteiger partial charge on any atom is 0.254 e. The Labute approximate surface area is 122 Å². The Balaban J connectivity index is 2.06. The molecule has 1 aromatic carbocycles. The summed E-state index contributed by atoms with van der Waals surface area (Å²) in [5.41, 5.74) is 3.16. The standard InChI is InChI=1S/C17H26N2O/c1-4-5-8-15-12-19(11-10-18-15)17(20)16-9-6-7-13(2)14(16)3/h6-7,9,15,18H,4-5,8,10-12H2,1-3H3/t15-/m0/s1. The van der Waals surface area contributed by atoms with Crippen molar-refractivity contribution >= 4 is 5.91 Å². The second-order valence-corrected chi connectivity index (χ2v) is 5.79.